The van der Waals surface area contributed by atoms with Crippen LogP contribution in [0.1, 0.15) is 31.2 Å². The largest absolute Gasteiger partial charge is 0.357 e. The molecule has 3 rings (SSSR count). The quantitative estimate of drug-likeness (QED) is 0.350. The van der Waals surface area contributed by atoms with E-state index in [1.54, 1.807) is 4.90 Å². The number of piperidine rings is 1. The number of likely N-dealkylation sites (tertiary alicyclic amines) is 1. The molecule has 1 fully saturated rings. The summed E-state index contributed by atoms with van der Waals surface area (Å²) >= 11 is 0. The van der Waals surface area contributed by atoms with E-state index in [4.69, 9.17) is 5.73 Å². The lowest BCUT2D eigenvalue weighted by molar-refractivity contribution is 0.188. The standard InChI is InChI=1S/C18H27N7O.HI/c1-3-20-18(23-14-7-9-24(10-8-14)17(19)26)21-11-15-12-25-13(2)5-4-6-16(25)22-15;/h4-6,12,14H,3,7-11H2,1-2H3,(H2,19,26)(H2,20,21,23);1H. The molecule has 0 radical (unpaired) electrons. The predicted octanol–water partition coefficient (Wildman–Crippen LogP) is 1.86. The molecule has 148 valence electrons. The normalized spacial score (nSPS) is 15.5. The number of fused-ring (bicyclic) bond motifs is 1. The lowest BCUT2D eigenvalue weighted by atomic mass is 10.1. The number of nitrogens with two attached hydrogens (primary N) is 1. The molecule has 2 aromatic rings. The first-order valence-electron chi connectivity index (χ1n) is 9.09. The molecule has 4 N–H and O–H groups in total. The zero-order valence-corrected chi connectivity index (χ0v) is 18.1. The number of amides is 2. The van der Waals surface area contributed by atoms with Gasteiger partial charge in [-0.2, -0.15) is 0 Å². The maximum atomic E-state index is 11.2. The van der Waals surface area contributed by atoms with Gasteiger partial charge >= 0.3 is 6.03 Å². The minimum Gasteiger partial charge on any atom is -0.357 e. The molecule has 0 aromatic carbocycles. The van der Waals surface area contributed by atoms with Gasteiger partial charge in [0.2, 0.25) is 0 Å². The van der Waals surface area contributed by atoms with E-state index in [-0.39, 0.29) is 36.0 Å². The molecule has 1 aliphatic heterocycles. The maximum Gasteiger partial charge on any atom is 0.314 e. The number of carbonyl (C=O) groups is 1. The Bertz CT molecular complexity index is 796. The number of pyridine rings is 1. The van der Waals surface area contributed by atoms with Crippen LogP contribution in [0.15, 0.2) is 29.4 Å². The zero-order valence-electron chi connectivity index (χ0n) is 15.8. The van der Waals surface area contributed by atoms with E-state index in [1.807, 2.05) is 25.3 Å². The van der Waals surface area contributed by atoms with Gasteiger partial charge in [0.25, 0.3) is 0 Å². The molecule has 2 aromatic heterocycles. The molecular formula is C18H28IN7O. The smallest absolute Gasteiger partial charge is 0.314 e. The molecule has 9 heteroatoms. The Balaban J connectivity index is 0.00000261. The fourth-order valence-corrected chi connectivity index (χ4v) is 3.19. The number of primary amides is 1. The van der Waals surface area contributed by atoms with Gasteiger partial charge < -0.3 is 25.7 Å². The summed E-state index contributed by atoms with van der Waals surface area (Å²) in [4.78, 5) is 22.2. The Morgan fingerprint density at radius 3 is 2.74 bits per heavy atom. The Morgan fingerprint density at radius 2 is 2.11 bits per heavy atom. The van der Waals surface area contributed by atoms with Crippen LogP contribution in [0.2, 0.25) is 0 Å². The molecule has 3 heterocycles. The van der Waals surface area contributed by atoms with Crippen molar-refractivity contribution in [1.82, 2.24) is 24.9 Å². The maximum absolute atomic E-state index is 11.2. The van der Waals surface area contributed by atoms with Gasteiger partial charge in [0.15, 0.2) is 5.96 Å². The molecule has 1 aliphatic rings. The number of aromatic nitrogens is 2. The Hall–Kier alpha value is -2.04. The third kappa shape index (κ3) is 5.47. The van der Waals surface area contributed by atoms with Crippen molar-refractivity contribution in [3.63, 3.8) is 0 Å². The van der Waals surface area contributed by atoms with Gasteiger partial charge in [-0.1, -0.05) is 6.07 Å². The van der Waals surface area contributed by atoms with Crippen molar-refractivity contribution in [2.75, 3.05) is 19.6 Å². The number of nitrogens with one attached hydrogen (secondary N) is 2. The van der Waals surface area contributed by atoms with Crippen LogP contribution in [0.25, 0.3) is 5.65 Å². The number of aliphatic imine (C=N–C) groups is 1. The van der Waals surface area contributed by atoms with Crippen molar-refractivity contribution >= 4 is 41.6 Å². The third-order valence-electron chi connectivity index (χ3n) is 4.64. The molecule has 1 saturated heterocycles. The van der Waals surface area contributed by atoms with Gasteiger partial charge in [-0.05, 0) is 38.8 Å². The van der Waals surface area contributed by atoms with Crippen molar-refractivity contribution in [3.05, 3.63) is 35.8 Å². The first-order valence-corrected chi connectivity index (χ1v) is 9.09. The molecular weight excluding hydrogens is 457 g/mol. The number of carbonyl (C=O) groups excluding carboxylic acids is 1. The molecule has 27 heavy (non-hydrogen) atoms. The SMILES string of the molecule is CCNC(=NCc1cn2c(C)cccc2n1)NC1CCN(C(N)=O)CC1.I. The number of imidazole rings is 1. The van der Waals surface area contributed by atoms with Crippen molar-refractivity contribution in [3.8, 4) is 0 Å². The summed E-state index contributed by atoms with van der Waals surface area (Å²) in [6.45, 7) is 6.76. The summed E-state index contributed by atoms with van der Waals surface area (Å²) in [5, 5.41) is 6.74. The highest BCUT2D eigenvalue weighted by Gasteiger charge is 2.21. The molecule has 0 saturated carbocycles. The fourth-order valence-electron chi connectivity index (χ4n) is 3.19. The summed E-state index contributed by atoms with van der Waals surface area (Å²) in [7, 11) is 0. The molecule has 8 nitrogen and oxygen atoms in total. The average Bonchev–Trinajstić information content (AvgIpc) is 3.05. The Kier molecular flexibility index (Phi) is 7.69. The number of hydrogen-bond donors (Lipinski definition) is 3. The van der Waals surface area contributed by atoms with Gasteiger partial charge in [-0.25, -0.2) is 14.8 Å². The average molecular weight is 485 g/mol. The molecule has 0 unspecified atom stereocenters. The highest BCUT2D eigenvalue weighted by molar-refractivity contribution is 14.0. The van der Waals surface area contributed by atoms with Crippen LogP contribution in [0.4, 0.5) is 4.79 Å². The Morgan fingerprint density at radius 1 is 1.37 bits per heavy atom. The van der Waals surface area contributed by atoms with Crippen molar-refractivity contribution in [1.29, 1.82) is 0 Å². The second-order valence-electron chi connectivity index (χ2n) is 6.57. The van der Waals surface area contributed by atoms with E-state index < -0.39 is 0 Å². The zero-order chi connectivity index (χ0) is 18.5. The Labute approximate surface area is 176 Å². The molecule has 0 aliphatic carbocycles. The monoisotopic (exact) mass is 485 g/mol. The summed E-state index contributed by atoms with van der Waals surface area (Å²) in [5.41, 5.74) is 8.35. The minimum atomic E-state index is -0.342. The van der Waals surface area contributed by atoms with E-state index >= 15 is 0 Å². The summed E-state index contributed by atoms with van der Waals surface area (Å²) in [5.74, 6) is 0.777. The van der Waals surface area contributed by atoms with E-state index in [9.17, 15) is 4.79 Å². The molecule has 2 amide bonds. The van der Waals surface area contributed by atoms with Crippen LogP contribution in [0, 0.1) is 6.92 Å². The number of aryl methyl sites for hydroxylation is 1. The number of guanidine groups is 1. The highest BCUT2D eigenvalue weighted by Crippen LogP contribution is 2.11. The molecule has 0 spiro atoms. The van der Waals surface area contributed by atoms with Crippen molar-refractivity contribution in [2.45, 2.75) is 39.3 Å². The van der Waals surface area contributed by atoms with Crippen LogP contribution in [-0.4, -0.2) is 52.0 Å². The minimum absolute atomic E-state index is 0. The van der Waals surface area contributed by atoms with Gasteiger partial charge in [-0.15, -0.1) is 24.0 Å². The van der Waals surface area contributed by atoms with Crippen molar-refractivity contribution in [2.24, 2.45) is 10.7 Å². The van der Waals surface area contributed by atoms with Gasteiger partial charge in [0.05, 0.1) is 12.2 Å². The molecule has 0 bridgehead atoms. The van der Waals surface area contributed by atoms with Gasteiger partial charge in [-0.3, -0.25) is 0 Å². The topological polar surface area (TPSA) is 100 Å². The first-order chi connectivity index (χ1) is 12.6. The van der Waals surface area contributed by atoms with Gasteiger partial charge in [0.1, 0.15) is 5.65 Å². The van der Waals surface area contributed by atoms with Crippen molar-refractivity contribution < 1.29 is 4.79 Å². The third-order valence-corrected chi connectivity index (χ3v) is 4.64. The summed E-state index contributed by atoms with van der Waals surface area (Å²) in [6.07, 6.45) is 3.75. The van der Waals surface area contributed by atoms with Crippen LogP contribution in [0.3, 0.4) is 0 Å². The van der Waals surface area contributed by atoms with E-state index in [1.165, 1.54) is 0 Å². The number of urea groups is 1. The number of hydrogen-bond acceptors (Lipinski definition) is 3. The van der Waals surface area contributed by atoms with Gasteiger partial charge in [0, 0.05) is 37.6 Å². The lowest BCUT2D eigenvalue weighted by Gasteiger charge is -2.32. The van der Waals surface area contributed by atoms with Crippen LogP contribution in [0.5, 0.6) is 0 Å². The second-order valence-corrected chi connectivity index (χ2v) is 6.57. The second kappa shape index (κ2) is 9.77. The fraction of sp³-hybridized carbons (Fsp3) is 0.500. The summed E-state index contributed by atoms with van der Waals surface area (Å²) < 4.78 is 2.07. The molecule has 0 atom stereocenters. The number of rotatable bonds is 4. The predicted molar refractivity (Wildman–Crippen MR) is 117 cm³/mol. The van der Waals surface area contributed by atoms with E-state index in [0.29, 0.717) is 19.6 Å². The summed E-state index contributed by atoms with van der Waals surface area (Å²) in [6, 6.07) is 6.01. The number of nitrogens with zero attached hydrogens (tertiary/aromatic N) is 4. The van der Waals surface area contributed by atoms with Crippen LogP contribution >= 0.6 is 24.0 Å². The number of halogens is 1. The van der Waals surface area contributed by atoms with Crippen LogP contribution in [-0.2, 0) is 6.54 Å². The highest BCUT2D eigenvalue weighted by atomic mass is 127. The van der Waals surface area contributed by atoms with E-state index in [2.05, 4.69) is 38.0 Å². The van der Waals surface area contributed by atoms with Crippen LogP contribution < -0.4 is 16.4 Å². The first kappa shape index (κ1) is 21.3. The lowest BCUT2D eigenvalue weighted by Crippen LogP contribution is -2.50. The van der Waals surface area contributed by atoms with E-state index in [0.717, 1.165) is 42.4 Å².